The lowest BCUT2D eigenvalue weighted by Gasteiger charge is -2.19. The number of aromatic amines is 1. The van der Waals surface area contributed by atoms with Crippen molar-refractivity contribution in [3.63, 3.8) is 0 Å². The number of nitrogens with zero attached hydrogens (tertiary/aromatic N) is 1. The van der Waals surface area contributed by atoms with Crippen molar-refractivity contribution in [1.82, 2.24) is 15.1 Å². The van der Waals surface area contributed by atoms with Crippen molar-refractivity contribution in [2.24, 2.45) is 0 Å². The van der Waals surface area contributed by atoms with Gasteiger partial charge in [0.1, 0.15) is 22.9 Å². The maximum atomic E-state index is 14.0. The van der Waals surface area contributed by atoms with Gasteiger partial charge in [-0.25, -0.2) is 13.5 Å². The molecule has 3 aromatic rings. The number of carboxylic acid groups (broad SMARTS) is 1. The first-order chi connectivity index (χ1) is 14.7. The van der Waals surface area contributed by atoms with Crippen molar-refractivity contribution in [1.29, 1.82) is 0 Å². The van der Waals surface area contributed by atoms with Crippen molar-refractivity contribution in [2.75, 3.05) is 7.11 Å². The normalized spacial score (nSPS) is 11.7. The molecular formula is C21H19F2N3O5. The van der Waals surface area contributed by atoms with Gasteiger partial charge in [0.25, 0.3) is 11.5 Å². The predicted molar refractivity (Wildman–Crippen MR) is 106 cm³/mol. The summed E-state index contributed by atoms with van der Waals surface area (Å²) in [5.74, 6) is -3.14. The summed E-state index contributed by atoms with van der Waals surface area (Å²) in [7, 11) is 1.50. The van der Waals surface area contributed by atoms with E-state index in [4.69, 9.17) is 4.74 Å². The van der Waals surface area contributed by atoms with Crippen LogP contribution in [-0.4, -0.2) is 33.9 Å². The summed E-state index contributed by atoms with van der Waals surface area (Å²) in [6.07, 6.45) is -0.406. The lowest BCUT2D eigenvalue weighted by Crippen LogP contribution is -2.31. The third-order valence-corrected chi connectivity index (χ3v) is 4.65. The largest absolute Gasteiger partial charge is 0.497 e. The van der Waals surface area contributed by atoms with Crippen LogP contribution >= 0.6 is 0 Å². The molecule has 0 aliphatic carbocycles. The van der Waals surface area contributed by atoms with Crippen molar-refractivity contribution >= 4 is 11.9 Å². The zero-order valence-corrected chi connectivity index (χ0v) is 16.6. The molecule has 1 unspecified atom stereocenters. The first-order valence-electron chi connectivity index (χ1n) is 9.14. The number of carboxylic acids is 1. The van der Waals surface area contributed by atoms with Crippen LogP contribution in [0.25, 0.3) is 5.69 Å². The Kier molecular flexibility index (Phi) is 6.19. The summed E-state index contributed by atoms with van der Waals surface area (Å²) in [4.78, 5) is 36.3. The Morgan fingerprint density at radius 2 is 1.94 bits per heavy atom. The number of methoxy groups -OCH3 is 1. The summed E-state index contributed by atoms with van der Waals surface area (Å²) in [6.45, 7) is 1.74. The molecule has 0 radical (unpaired) electrons. The summed E-state index contributed by atoms with van der Waals surface area (Å²) in [6, 6.07) is 7.66. The van der Waals surface area contributed by atoms with Crippen LogP contribution in [0.5, 0.6) is 5.75 Å². The van der Waals surface area contributed by atoms with E-state index in [9.17, 15) is 28.3 Å². The number of ether oxygens (including phenoxy) is 1. The lowest BCUT2D eigenvalue weighted by atomic mass is 9.98. The number of carbonyl (C=O) groups is 2. The van der Waals surface area contributed by atoms with Gasteiger partial charge in [0.15, 0.2) is 5.82 Å². The molecule has 3 N–H and O–H groups in total. The number of aliphatic carboxylic acids is 1. The number of aryl methyl sites for hydroxylation is 1. The maximum absolute atomic E-state index is 14.0. The zero-order chi connectivity index (χ0) is 22.7. The van der Waals surface area contributed by atoms with E-state index < -0.39 is 41.5 Å². The fraction of sp³-hybridized carbons (Fsp3) is 0.190. The number of rotatable bonds is 7. The molecular weight excluding hydrogens is 412 g/mol. The highest BCUT2D eigenvalue weighted by Crippen LogP contribution is 2.25. The van der Waals surface area contributed by atoms with Crippen molar-refractivity contribution < 1.29 is 28.2 Å². The Morgan fingerprint density at radius 1 is 1.19 bits per heavy atom. The summed E-state index contributed by atoms with van der Waals surface area (Å²) in [5, 5.41) is 14.3. The first kappa shape index (κ1) is 21.8. The molecule has 31 heavy (non-hydrogen) atoms. The summed E-state index contributed by atoms with van der Waals surface area (Å²) < 4.78 is 33.0. The van der Waals surface area contributed by atoms with Crippen LogP contribution in [0.4, 0.5) is 8.78 Å². The van der Waals surface area contributed by atoms with E-state index in [0.717, 1.165) is 22.9 Å². The number of aromatic nitrogens is 2. The number of nitrogens with one attached hydrogen (secondary N) is 2. The van der Waals surface area contributed by atoms with Gasteiger partial charge in [-0.15, -0.1) is 0 Å². The minimum atomic E-state index is -1.14. The van der Waals surface area contributed by atoms with Gasteiger partial charge in [-0.05, 0) is 42.3 Å². The quantitative estimate of drug-likeness (QED) is 0.532. The summed E-state index contributed by atoms with van der Waals surface area (Å²) >= 11 is 0. The standard InChI is InChI=1S/C21H19F2N3O5/c1-11-7-13(31-2)4-5-14(11)16(10-20(28)29)24-21(30)17-9-19(27)26(25-17)18-6-3-12(22)8-15(18)23/h3-9,16,25H,10H2,1-2H3,(H,24,30)(H,28,29). The molecule has 1 heterocycles. The van der Waals surface area contributed by atoms with Crippen LogP contribution in [0.1, 0.15) is 34.1 Å². The molecule has 1 amide bonds. The predicted octanol–water partition coefficient (Wildman–Crippen LogP) is 2.71. The van der Waals surface area contributed by atoms with E-state index in [1.165, 1.54) is 7.11 Å². The van der Waals surface area contributed by atoms with E-state index in [2.05, 4.69) is 10.4 Å². The number of halogens is 2. The molecule has 2 aromatic carbocycles. The van der Waals surface area contributed by atoms with Crippen LogP contribution < -0.4 is 15.6 Å². The Labute approximate surface area is 175 Å². The molecule has 10 heteroatoms. The number of H-pyrrole nitrogens is 1. The average molecular weight is 431 g/mol. The van der Waals surface area contributed by atoms with Gasteiger partial charge in [0, 0.05) is 12.1 Å². The van der Waals surface area contributed by atoms with Crippen LogP contribution in [0.3, 0.4) is 0 Å². The highest BCUT2D eigenvalue weighted by Gasteiger charge is 2.23. The van der Waals surface area contributed by atoms with E-state index in [-0.39, 0.29) is 11.4 Å². The summed E-state index contributed by atoms with van der Waals surface area (Å²) in [5.41, 5.74) is 0.0353. The topological polar surface area (TPSA) is 113 Å². The van der Waals surface area contributed by atoms with E-state index >= 15 is 0 Å². The van der Waals surface area contributed by atoms with Crippen LogP contribution in [-0.2, 0) is 4.79 Å². The smallest absolute Gasteiger partial charge is 0.305 e. The van der Waals surface area contributed by atoms with Crippen LogP contribution in [0.15, 0.2) is 47.3 Å². The SMILES string of the molecule is COc1ccc(C(CC(=O)O)NC(=O)c2cc(=O)n(-c3ccc(F)cc3F)[nH]2)c(C)c1. The zero-order valence-electron chi connectivity index (χ0n) is 16.6. The second-order valence-electron chi connectivity index (χ2n) is 6.79. The number of benzene rings is 2. The first-order valence-corrected chi connectivity index (χ1v) is 9.14. The molecule has 0 aliphatic heterocycles. The molecule has 3 rings (SSSR count). The minimum absolute atomic E-state index is 0.213. The monoisotopic (exact) mass is 431 g/mol. The van der Waals surface area contributed by atoms with E-state index in [1.54, 1.807) is 25.1 Å². The molecule has 1 aromatic heterocycles. The van der Waals surface area contributed by atoms with Gasteiger partial charge in [0.05, 0.1) is 19.6 Å². The molecule has 0 spiro atoms. The molecule has 162 valence electrons. The molecule has 0 bridgehead atoms. The maximum Gasteiger partial charge on any atom is 0.305 e. The molecule has 0 saturated heterocycles. The molecule has 0 fully saturated rings. The number of carbonyl (C=O) groups excluding carboxylic acids is 1. The average Bonchev–Trinajstić information content (AvgIpc) is 3.08. The lowest BCUT2D eigenvalue weighted by molar-refractivity contribution is -0.137. The Bertz CT molecular complexity index is 1200. The highest BCUT2D eigenvalue weighted by atomic mass is 19.1. The van der Waals surface area contributed by atoms with Crippen molar-refractivity contribution in [3.8, 4) is 11.4 Å². The van der Waals surface area contributed by atoms with Gasteiger partial charge in [-0.1, -0.05) is 6.07 Å². The van der Waals surface area contributed by atoms with Crippen molar-refractivity contribution in [2.45, 2.75) is 19.4 Å². The molecule has 0 saturated carbocycles. The Balaban J connectivity index is 1.91. The second kappa shape index (κ2) is 8.82. The molecule has 1 atom stereocenters. The number of amides is 1. The molecule has 8 nitrogen and oxygen atoms in total. The highest BCUT2D eigenvalue weighted by molar-refractivity contribution is 5.92. The van der Waals surface area contributed by atoms with Gasteiger partial charge in [-0.2, -0.15) is 0 Å². The number of hydrogen-bond acceptors (Lipinski definition) is 4. The third-order valence-electron chi connectivity index (χ3n) is 4.65. The Hall–Kier alpha value is -3.95. The van der Waals surface area contributed by atoms with E-state index in [0.29, 0.717) is 22.9 Å². The van der Waals surface area contributed by atoms with Crippen LogP contribution in [0, 0.1) is 18.6 Å². The fourth-order valence-electron chi connectivity index (χ4n) is 3.17. The van der Waals surface area contributed by atoms with Crippen LogP contribution in [0.2, 0.25) is 0 Å². The Morgan fingerprint density at radius 3 is 2.55 bits per heavy atom. The van der Waals surface area contributed by atoms with Gasteiger partial charge in [0.2, 0.25) is 0 Å². The van der Waals surface area contributed by atoms with E-state index in [1.807, 2.05) is 0 Å². The second-order valence-corrected chi connectivity index (χ2v) is 6.79. The minimum Gasteiger partial charge on any atom is -0.497 e. The number of hydrogen-bond donors (Lipinski definition) is 3. The van der Waals surface area contributed by atoms with Crippen molar-refractivity contribution in [3.05, 3.63) is 81.3 Å². The molecule has 0 aliphatic rings. The third kappa shape index (κ3) is 4.80. The van der Waals surface area contributed by atoms with Gasteiger partial charge < -0.3 is 15.2 Å². The van der Waals surface area contributed by atoms with Gasteiger partial charge in [-0.3, -0.25) is 19.5 Å². The van der Waals surface area contributed by atoms with Gasteiger partial charge >= 0.3 is 5.97 Å². The fourth-order valence-corrected chi connectivity index (χ4v) is 3.17.